The van der Waals surface area contributed by atoms with Crippen molar-refractivity contribution in [1.82, 2.24) is 15.3 Å². The summed E-state index contributed by atoms with van der Waals surface area (Å²) in [6, 6.07) is 6.86. The highest BCUT2D eigenvalue weighted by molar-refractivity contribution is 5.95. The minimum absolute atomic E-state index is 0.0431. The van der Waals surface area contributed by atoms with Gasteiger partial charge in [0.25, 0.3) is 11.8 Å². The summed E-state index contributed by atoms with van der Waals surface area (Å²) < 4.78 is 0. The van der Waals surface area contributed by atoms with Gasteiger partial charge in [0, 0.05) is 24.2 Å². The molecule has 0 bridgehead atoms. The van der Waals surface area contributed by atoms with Crippen LogP contribution in [0.1, 0.15) is 39.4 Å². The van der Waals surface area contributed by atoms with Crippen molar-refractivity contribution in [2.24, 2.45) is 11.6 Å². The molecule has 7 N–H and O–H groups in total. The Morgan fingerprint density at radius 2 is 1.93 bits per heavy atom. The maximum Gasteiger partial charge on any atom is 0.271 e. The smallest absolute Gasteiger partial charge is 0.271 e. The highest BCUT2D eigenvalue weighted by atomic mass is 16.2. The minimum Gasteiger partial charge on any atom is -0.379 e. The molecule has 1 heterocycles. The summed E-state index contributed by atoms with van der Waals surface area (Å²) in [5, 5.41) is 5.86. The predicted octanol–water partition coefficient (Wildman–Crippen LogP) is 0.182. The second-order valence-corrected chi connectivity index (χ2v) is 5.56. The summed E-state index contributed by atoms with van der Waals surface area (Å²) in [7, 11) is 0. The molecule has 0 radical (unpaired) electrons. The maximum absolute atomic E-state index is 12.0. The SMILES string of the molecule is NNc1ncc(CNc2ccc(C(=O)NCCCC=O)cc2)nc1C(N)=O. The Labute approximate surface area is 155 Å². The number of carbonyl (C=O) groups excluding carboxylic acids is 3. The molecule has 0 spiro atoms. The van der Waals surface area contributed by atoms with Crippen LogP contribution in [0.15, 0.2) is 30.5 Å². The fourth-order valence-corrected chi connectivity index (χ4v) is 2.21. The van der Waals surface area contributed by atoms with Crippen LogP contribution in [0.5, 0.6) is 0 Å². The molecule has 0 atom stereocenters. The number of hydrazine groups is 1. The molecule has 142 valence electrons. The van der Waals surface area contributed by atoms with Crippen LogP contribution < -0.4 is 27.6 Å². The Kier molecular flexibility index (Phi) is 7.20. The second-order valence-electron chi connectivity index (χ2n) is 5.56. The van der Waals surface area contributed by atoms with Crippen LogP contribution in [-0.4, -0.2) is 34.6 Å². The zero-order valence-corrected chi connectivity index (χ0v) is 14.6. The number of carbonyl (C=O) groups is 3. The number of amides is 2. The van der Waals surface area contributed by atoms with Crippen molar-refractivity contribution in [3.63, 3.8) is 0 Å². The molecule has 27 heavy (non-hydrogen) atoms. The van der Waals surface area contributed by atoms with Crippen molar-refractivity contribution in [3.05, 3.63) is 47.4 Å². The Balaban J connectivity index is 1.93. The van der Waals surface area contributed by atoms with Crippen molar-refractivity contribution in [3.8, 4) is 0 Å². The Morgan fingerprint density at radius 3 is 2.56 bits per heavy atom. The Hall–Kier alpha value is -3.53. The van der Waals surface area contributed by atoms with Crippen molar-refractivity contribution in [2.45, 2.75) is 19.4 Å². The summed E-state index contributed by atoms with van der Waals surface area (Å²) in [5.41, 5.74) is 9.25. The lowest BCUT2D eigenvalue weighted by Crippen LogP contribution is -2.24. The lowest BCUT2D eigenvalue weighted by Gasteiger charge is -2.09. The van der Waals surface area contributed by atoms with Gasteiger partial charge in [-0.1, -0.05) is 0 Å². The first-order valence-electron chi connectivity index (χ1n) is 8.23. The van der Waals surface area contributed by atoms with Crippen LogP contribution in [0.25, 0.3) is 0 Å². The van der Waals surface area contributed by atoms with E-state index in [-0.39, 0.29) is 17.4 Å². The van der Waals surface area contributed by atoms with E-state index < -0.39 is 5.91 Å². The molecule has 10 nitrogen and oxygen atoms in total. The van der Waals surface area contributed by atoms with Gasteiger partial charge in [0.1, 0.15) is 6.29 Å². The maximum atomic E-state index is 12.0. The molecule has 0 unspecified atom stereocenters. The molecule has 0 aliphatic carbocycles. The van der Waals surface area contributed by atoms with Crippen LogP contribution in [0, 0.1) is 0 Å². The fraction of sp³-hybridized carbons (Fsp3) is 0.235. The van der Waals surface area contributed by atoms with E-state index in [4.69, 9.17) is 11.6 Å². The summed E-state index contributed by atoms with van der Waals surface area (Å²) >= 11 is 0. The van der Waals surface area contributed by atoms with Gasteiger partial charge in [0.2, 0.25) is 0 Å². The van der Waals surface area contributed by atoms with E-state index in [1.54, 1.807) is 24.3 Å². The third-order valence-corrected chi connectivity index (χ3v) is 3.60. The van der Waals surface area contributed by atoms with E-state index in [2.05, 4.69) is 26.0 Å². The van der Waals surface area contributed by atoms with Crippen LogP contribution in [0.2, 0.25) is 0 Å². The highest BCUT2D eigenvalue weighted by Gasteiger charge is 2.12. The third kappa shape index (κ3) is 5.75. The number of hydrogen-bond donors (Lipinski definition) is 5. The molecule has 2 amide bonds. The first-order chi connectivity index (χ1) is 13.0. The average molecular weight is 371 g/mol. The number of nitrogens with two attached hydrogens (primary N) is 2. The largest absolute Gasteiger partial charge is 0.379 e. The molecular formula is C17H21N7O3. The second kappa shape index (κ2) is 9.82. The molecule has 2 rings (SSSR count). The van der Waals surface area contributed by atoms with E-state index in [9.17, 15) is 14.4 Å². The van der Waals surface area contributed by atoms with Gasteiger partial charge in [-0.3, -0.25) is 9.59 Å². The molecule has 0 aliphatic heterocycles. The number of aromatic nitrogens is 2. The number of nitrogens with zero attached hydrogens (tertiary/aromatic N) is 2. The normalized spacial score (nSPS) is 10.1. The quantitative estimate of drug-likeness (QED) is 0.171. The van der Waals surface area contributed by atoms with E-state index >= 15 is 0 Å². The van der Waals surface area contributed by atoms with Gasteiger partial charge < -0.3 is 26.6 Å². The first-order valence-corrected chi connectivity index (χ1v) is 8.23. The zero-order chi connectivity index (χ0) is 19.6. The lowest BCUT2D eigenvalue weighted by atomic mass is 10.2. The molecule has 0 saturated heterocycles. The molecule has 0 aliphatic rings. The molecule has 0 fully saturated rings. The van der Waals surface area contributed by atoms with Crippen LogP contribution >= 0.6 is 0 Å². The Morgan fingerprint density at radius 1 is 1.19 bits per heavy atom. The van der Waals surface area contributed by atoms with Crippen LogP contribution in [-0.2, 0) is 11.3 Å². The van der Waals surface area contributed by atoms with E-state index in [1.165, 1.54) is 6.20 Å². The molecule has 2 aromatic rings. The van der Waals surface area contributed by atoms with Gasteiger partial charge in [0.15, 0.2) is 11.5 Å². The van der Waals surface area contributed by atoms with Gasteiger partial charge in [-0.15, -0.1) is 0 Å². The van der Waals surface area contributed by atoms with Gasteiger partial charge >= 0.3 is 0 Å². The molecule has 10 heteroatoms. The number of aldehydes is 1. The van der Waals surface area contributed by atoms with Crippen molar-refractivity contribution in [1.29, 1.82) is 0 Å². The Bertz CT molecular complexity index is 809. The summed E-state index contributed by atoms with van der Waals surface area (Å²) in [4.78, 5) is 41.7. The highest BCUT2D eigenvalue weighted by Crippen LogP contribution is 2.12. The third-order valence-electron chi connectivity index (χ3n) is 3.60. The topological polar surface area (TPSA) is 165 Å². The van der Waals surface area contributed by atoms with Crippen LogP contribution in [0.3, 0.4) is 0 Å². The predicted molar refractivity (Wildman–Crippen MR) is 99.8 cm³/mol. The minimum atomic E-state index is -0.735. The number of unbranched alkanes of at least 4 members (excludes halogenated alkanes) is 1. The van der Waals surface area contributed by atoms with Gasteiger partial charge in [-0.2, -0.15) is 0 Å². The molecule has 0 saturated carbocycles. The van der Waals surface area contributed by atoms with Crippen molar-refractivity contribution in [2.75, 3.05) is 17.3 Å². The van der Waals surface area contributed by atoms with E-state index in [1.807, 2.05) is 0 Å². The van der Waals surface area contributed by atoms with E-state index in [0.717, 1.165) is 12.0 Å². The first kappa shape index (κ1) is 19.8. The average Bonchev–Trinajstić information content (AvgIpc) is 2.69. The number of primary amides is 1. The summed E-state index contributed by atoms with van der Waals surface area (Å²) in [5.74, 6) is 4.43. The number of benzene rings is 1. The monoisotopic (exact) mass is 371 g/mol. The van der Waals surface area contributed by atoms with Gasteiger partial charge in [-0.05, 0) is 30.7 Å². The fourth-order valence-electron chi connectivity index (χ4n) is 2.21. The number of nitrogens with one attached hydrogen (secondary N) is 3. The molecule has 1 aromatic heterocycles. The van der Waals surface area contributed by atoms with Gasteiger partial charge in [-0.25, -0.2) is 15.8 Å². The zero-order valence-electron chi connectivity index (χ0n) is 14.6. The number of hydrogen-bond acceptors (Lipinski definition) is 8. The standard InChI is InChI=1S/C17H21N7O3/c18-15(26)14-16(24-19)22-10-13(23-14)9-21-12-5-3-11(4-6-12)17(27)20-7-1-2-8-25/h3-6,8,10,21H,1-2,7,9,19H2,(H2,18,26)(H,20,27)(H,22,24). The number of rotatable bonds is 10. The van der Waals surface area contributed by atoms with Crippen molar-refractivity contribution < 1.29 is 14.4 Å². The number of nitrogen functional groups attached to an aromatic ring is 1. The van der Waals surface area contributed by atoms with Crippen LogP contribution in [0.4, 0.5) is 11.5 Å². The lowest BCUT2D eigenvalue weighted by molar-refractivity contribution is -0.107. The molecule has 1 aromatic carbocycles. The number of anilines is 2. The summed E-state index contributed by atoms with van der Waals surface area (Å²) in [6.07, 6.45) is 3.33. The van der Waals surface area contributed by atoms with E-state index in [0.29, 0.717) is 37.2 Å². The molecular weight excluding hydrogens is 350 g/mol. The summed E-state index contributed by atoms with van der Waals surface area (Å²) in [6.45, 7) is 0.751. The van der Waals surface area contributed by atoms with Crippen molar-refractivity contribution >= 4 is 29.6 Å². The van der Waals surface area contributed by atoms with Gasteiger partial charge in [0.05, 0.1) is 18.4 Å².